The van der Waals surface area contributed by atoms with Gasteiger partial charge in [0, 0.05) is 42.8 Å². The van der Waals surface area contributed by atoms with Crippen LogP contribution in [0.15, 0.2) is 18.2 Å². The molecule has 0 radical (unpaired) electrons. The normalized spacial score (nSPS) is 21.4. The van der Waals surface area contributed by atoms with Crippen molar-refractivity contribution in [2.75, 3.05) is 26.2 Å². The zero-order chi connectivity index (χ0) is 15.6. The Morgan fingerprint density at radius 3 is 2.76 bits per heavy atom. The molecule has 0 aromatic heterocycles. The number of β-amino-alcohol motifs (C(OH)–C–C–N with tert-alkyl or cyclic N) is 1. The average Bonchev–Trinajstić information content (AvgIpc) is 2.37. The predicted octanol–water partition coefficient (Wildman–Crippen LogP) is 2.18. The van der Waals surface area contributed by atoms with Gasteiger partial charge in [-0.25, -0.2) is 0 Å². The topological polar surface area (TPSA) is 43.8 Å². The number of hydrogen-bond acceptors (Lipinski definition) is 3. The first-order valence-electron chi connectivity index (χ1n) is 7.36. The average molecular weight is 311 g/mol. The van der Waals surface area contributed by atoms with E-state index in [2.05, 4.69) is 11.8 Å². The summed E-state index contributed by atoms with van der Waals surface area (Å²) in [6.45, 7) is 8.70. The third-order valence-corrected chi connectivity index (χ3v) is 4.15. The number of hydrogen-bond donors (Lipinski definition) is 1. The third kappa shape index (κ3) is 3.96. The van der Waals surface area contributed by atoms with Crippen molar-refractivity contribution < 1.29 is 9.90 Å². The van der Waals surface area contributed by atoms with Gasteiger partial charge in [0.25, 0.3) is 5.91 Å². The standard InChI is InChI=1S/C16H23ClN2O2/c1-11-8-14(17)4-5-15(11)16(21)19-7-6-18(9-12(19)2)10-13(3)20/h4-5,8,12-13,20H,6-7,9-10H2,1-3H3/t12-,13-/m0/s1. The zero-order valence-electron chi connectivity index (χ0n) is 12.8. The molecule has 0 bridgehead atoms. The number of aryl methyl sites for hydroxylation is 1. The molecular formula is C16H23ClN2O2. The number of aliphatic hydroxyl groups excluding tert-OH is 1. The molecule has 4 nitrogen and oxygen atoms in total. The first kappa shape index (κ1) is 16.3. The highest BCUT2D eigenvalue weighted by molar-refractivity contribution is 6.30. The Morgan fingerprint density at radius 1 is 1.48 bits per heavy atom. The van der Waals surface area contributed by atoms with Crippen molar-refractivity contribution in [3.63, 3.8) is 0 Å². The summed E-state index contributed by atoms with van der Waals surface area (Å²) in [6.07, 6.45) is -0.335. The quantitative estimate of drug-likeness (QED) is 0.930. The molecule has 1 N–H and O–H groups in total. The molecule has 116 valence electrons. The Balaban J connectivity index is 2.07. The van der Waals surface area contributed by atoms with E-state index in [1.165, 1.54) is 0 Å². The number of piperazine rings is 1. The van der Waals surface area contributed by atoms with Gasteiger partial charge in [-0.05, 0) is 44.5 Å². The van der Waals surface area contributed by atoms with Crippen LogP contribution in [0.5, 0.6) is 0 Å². The maximum absolute atomic E-state index is 12.7. The van der Waals surface area contributed by atoms with E-state index >= 15 is 0 Å². The highest BCUT2D eigenvalue weighted by atomic mass is 35.5. The fourth-order valence-corrected chi connectivity index (χ4v) is 3.12. The second-order valence-electron chi connectivity index (χ2n) is 5.92. The van der Waals surface area contributed by atoms with Gasteiger partial charge in [-0.1, -0.05) is 11.6 Å². The lowest BCUT2D eigenvalue weighted by atomic mass is 10.1. The summed E-state index contributed by atoms with van der Waals surface area (Å²) in [6, 6.07) is 5.52. The highest BCUT2D eigenvalue weighted by Gasteiger charge is 2.29. The number of amides is 1. The van der Waals surface area contributed by atoms with Crippen molar-refractivity contribution in [2.24, 2.45) is 0 Å². The third-order valence-electron chi connectivity index (χ3n) is 3.91. The fraction of sp³-hybridized carbons (Fsp3) is 0.562. The minimum absolute atomic E-state index is 0.0633. The number of carbonyl (C=O) groups is 1. The molecule has 1 aromatic rings. The predicted molar refractivity (Wildman–Crippen MR) is 84.8 cm³/mol. The molecule has 1 aliphatic heterocycles. The largest absolute Gasteiger partial charge is 0.392 e. The molecule has 0 aliphatic carbocycles. The van der Waals surface area contributed by atoms with Gasteiger partial charge in [0.2, 0.25) is 0 Å². The van der Waals surface area contributed by atoms with E-state index in [0.29, 0.717) is 18.1 Å². The Labute approximate surface area is 131 Å². The Hall–Kier alpha value is -1.10. The van der Waals surface area contributed by atoms with Crippen molar-refractivity contribution in [1.82, 2.24) is 9.80 Å². The second-order valence-corrected chi connectivity index (χ2v) is 6.35. The van der Waals surface area contributed by atoms with Crippen LogP contribution in [0.3, 0.4) is 0 Å². The van der Waals surface area contributed by atoms with Gasteiger partial charge >= 0.3 is 0 Å². The first-order valence-corrected chi connectivity index (χ1v) is 7.74. The van der Waals surface area contributed by atoms with Crippen molar-refractivity contribution >= 4 is 17.5 Å². The molecule has 1 aliphatic rings. The van der Waals surface area contributed by atoms with Gasteiger partial charge in [-0.3, -0.25) is 9.69 Å². The van der Waals surface area contributed by atoms with Gasteiger partial charge in [0.05, 0.1) is 6.10 Å². The van der Waals surface area contributed by atoms with Crippen LogP contribution in [-0.2, 0) is 0 Å². The summed E-state index contributed by atoms with van der Waals surface area (Å²) in [5.74, 6) is 0.0633. The highest BCUT2D eigenvalue weighted by Crippen LogP contribution is 2.19. The van der Waals surface area contributed by atoms with Gasteiger partial charge in [0.1, 0.15) is 0 Å². The van der Waals surface area contributed by atoms with Crippen LogP contribution in [0.25, 0.3) is 0 Å². The van der Waals surface area contributed by atoms with Gasteiger partial charge in [-0.2, -0.15) is 0 Å². The lowest BCUT2D eigenvalue weighted by molar-refractivity contribution is 0.0382. The fourth-order valence-electron chi connectivity index (χ4n) is 2.90. The van der Waals surface area contributed by atoms with Crippen LogP contribution in [0.1, 0.15) is 29.8 Å². The zero-order valence-corrected chi connectivity index (χ0v) is 13.6. The number of benzene rings is 1. The minimum Gasteiger partial charge on any atom is -0.392 e. The number of rotatable bonds is 3. The van der Waals surface area contributed by atoms with E-state index in [9.17, 15) is 9.90 Å². The van der Waals surface area contributed by atoms with Crippen molar-refractivity contribution in [2.45, 2.75) is 32.9 Å². The van der Waals surface area contributed by atoms with E-state index in [4.69, 9.17) is 11.6 Å². The Kier molecular flexibility index (Phi) is 5.25. The monoisotopic (exact) mass is 310 g/mol. The number of aliphatic hydroxyl groups is 1. The van der Waals surface area contributed by atoms with E-state index in [0.717, 1.165) is 24.2 Å². The van der Waals surface area contributed by atoms with E-state index in [1.54, 1.807) is 19.1 Å². The van der Waals surface area contributed by atoms with Gasteiger partial charge < -0.3 is 10.0 Å². The number of carbonyl (C=O) groups excluding carboxylic acids is 1. The van der Waals surface area contributed by atoms with Crippen LogP contribution < -0.4 is 0 Å². The summed E-state index contributed by atoms with van der Waals surface area (Å²) < 4.78 is 0. The van der Waals surface area contributed by atoms with Crippen LogP contribution >= 0.6 is 11.6 Å². The summed E-state index contributed by atoms with van der Waals surface area (Å²) >= 11 is 5.95. The molecule has 1 amide bonds. The van der Waals surface area contributed by atoms with Crippen molar-refractivity contribution in [1.29, 1.82) is 0 Å². The lowest BCUT2D eigenvalue weighted by Gasteiger charge is -2.40. The Morgan fingerprint density at radius 2 is 2.19 bits per heavy atom. The molecule has 2 atom stereocenters. The maximum Gasteiger partial charge on any atom is 0.254 e. The molecule has 0 saturated carbocycles. The van der Waals surface area contributed by atoms with E-state index in [-0.39, 0.29) is 18.1 Å². The first-order chi connectivity index (χ1) is 9.88. The molecule has 2 rings (SSSR count). The van der Waals surface area contributed by atoms with Crippen LogP contribution in [0, 0.1) is 6.92 Å². The SMILES string of the molecule is Cc1cc(Cl)ccc1C(=O)N1CCN(C[C@H](C)O)C[C@@H]1C. The number of halogens is 1. The van der Waals surface area contributed by atoms with Crippen molar-refractivity contribution in [3.05, 3.63) is 34.3 Å². The molecule has 5 heteroatoms. The van der Waals surface area contributed by atoms with Crippen molar-refractivity contribution in [3.8, 4) is 0 Å². The minimum atomic E-state index is -0.335. The molecule has 1 fully saturated rings. The smallest absolute Gasteiger partial charge is 0.254 e. The van der Waals surface area contributed by atoms with Gasteiger partial charge in [-0.15, -0.1) is 0 Å². The molecule has 0 spiro atoms. The van der Waals surface area contributed by atoms with E-state index < -0.39 is 0 Å². The summed E-state index contributed by atoms with van der Waals surface area (Å²) in [5.41, 5.74) is 1.63. The molecule has 1 heterocycles. The molecular weight excluding hydrogens is 288 g/mol. The van der Waals surface area contributed by atoms with Crippen LogP contribution in [0.4, 0.5) is 0 Å². The summed E-state index contributed by atoms with van der Waals surface area (Å²) in [5, 5.41) is 10.1. The van der Waals surface area contributed by atoms with Gasteiger partial charge in [0.15, 0.2) is 0 Å². The molecule has 1 saturated heterocycles. The van der Waals surface area contributed by atoms with E-state index in [1.807, 2.05) is 17.9 Å². The molecule has 21 heavy (non-hydrogen) atoms. The number of nitrogens with zero attached hydrogens (tertiary/aromatic N) is 2. The molecule has 1 aromatic carbocycles. The second kappa shape index (κ2) is 6.77. The van der Waals surface area contributed by atoms with Crippen LogP contribution in [-0.4, -0.2) is 59.1 Å². The van der Waals surface area contributed by atoms with Crippen LogP contribution in [0.2, 0.25) is 5.02 Å². The Bertz CT molecular complexity index is 519. The lowest BCUT2D eigenvalue weighted by Crippen LogP contribution is -2.55. The summed E-state index contributed by atoms with van der Waals surface area (Å²) in [7, 11) is 0. The maximum atomic E-state index is 12.7. The molecule has 0 unspecified atom stereocenters. The summed E-state index contributed by atoms with van der Waals surface area (Å²) in [4.78, 5) is 16.8.